The molecule has 0 aliphatic carbocycles. The van der Waals surface area contributed by atoms with Gasteiger partial charge < -0.3 is 26.3 Å². The van der Waals surface area contributed by atoms with Crippen LogP contribution in [0.4, 0.5) is 16.4 Å². The molecule has 0 radical (unpaired) electrons. The number of cyclic esters (lactones) is 1. The number of carbonyl (C=O) groups excluding carboxylic acids is 3. The third kappa shape index (κ3) is 7.93. The lowest BCUT2D eigenvalue weighted by molar-refractivity contribution is -0.123. The summed E-state index contributed by atoms with van der Waals surface area (Å²) in [6.45, 7) is 0.917. The number of hydrogen-bond donors (Lipinski definition) is 6. The predicted octanol–water partition coefficient (Wildman–Crippen LogP) is 1.32. The number of guanidine groups is 1. The van der Waals surface area contributed by atoms with E-state index in [4.69, 9.17) is 26.4 Å². The monoisotopic (exact) mass is 610 g/mol. The molecule has 2 heterocycles. The third-order valence-electron chi connectivity index (χ3n) is 5.12. The van der Waals surface area contributed by atoms with Crippen LogP contribution in [0, 0.1) is 9.11 Å². The SMILES string of the molecule is N=C(NCCCCc1ccc(OCCCC2OC(=O)NC2=O)cc1)NC(=O)c1nc(I)c(N)nc1N. The number of halogens is 1. The van der Waals surface area contributed by atoms with Gasteiger partial charge in [-0.1, -0.05) is 12.1 Å². The van der Waals surface area contributed by atoms with Crippen molar-refractivity contribution in [3.05, 3.63) is 39.2 Å². The lowest BCUT2D eigenvalue weighted by Crippen LogP contribution is -2.41. The number of hydrogen-bond acceptors (Lipinski definition) is 10. The summed E-state index contributed by atoms with van der Waals surface area (Å²) in [7, 11) is 0. The van der Waals surface area contributed by atoms with Crippen molar-refractivity contribution in [2.75, 3.05) is 24.6 Å². The summed E-state index contributed by atoms with van der Waals surface area (Å²) in [6.07, 6.45) is 2.07. The minimum atomic E-state index is -0.737. The molecule has 36 heavy (non-hydrogen) atoms. The molecular formula is C22H27IN8O5. The van der Waals surface area contributed by atoms with E-state index in [-0.39, 0.29) is 23.3 Å². The molecule has 1 saturated heterocycles. The largest absolute Gasteiger partial charge is 0.494 e. The third-order valence-corrected chi connectivity index (χ3v) is 5.92. The van der Waals surface area contributed by atoms with Crippen LogP contribution in [-0.2, 0) is 16.0 Å². The number of carbonyl (C=O) groups is 3. The van der Waals surface area contributed by atoms with Gasteiger partial charge in [0.2, 0.25) is 0 Å². The van der Waals surface area contributed by atoms with Crippen molar-refractivity contribution in [3.63, 3.8) is 0 Å². The van der Waals surface area contributed by atoms with Gasteiger partial charge in [-0.15, -0.1) is 0 Å². The number of anilines is 2. The van der Waals surface area contributed by atoms with Crippen LogP contribution in [0.25, 0.3) is 0 Å². The van der Waals surface area contributed by atoms with E-state index in [2.05, 4.69) is 25.9 Å². The van der Waals surface area contributed by atoms with Crippen LogP contribution >= 0.6 is 22.6 Å². The minimum Gasteiger partial charge on any atom is -0.494 e. The second-order valence-corrected chi connectivity index (χ2v) is 8.89. The fourth-order valence-electron chi connectivity index (χ4n) is 3.29. The first-order valence-electron chi connectivity index (χ1n) is 11.2. The van der Waals surface area contributed by atoms with Crippen LogP contribution in [0.1, 0.15) is 41.7 Å². The smallest absolute Gasteiger partial charge is 0.414 e. The highest BCUT2D eigenvalue weighted by Crippen LogP contribution is 2.16. The zero-order valence-electron chi connectivity index (χ0n) is 19.3. The number of unbranched alkanes of at least 4 members (excludes halogenated alkanes) is 1. The van der Waals surface area contributed by atoms with Gasteiger partial charge >= 0.3 is 6.09 Å². The van der Waals surface area contributed by atoms with Gasteiger partial charge in [-0.3, -0.25) is 25.6 Å². The van der Waals surface area contributed by atoms with Gasteiger partial charge in [-0.05, 0) is 72.4 Å². The molecule has 1 fully saturated rings. The first kappa shape index (κ1) is 26.9. The molecule has 1 unspecified atom stereocenters. The van der Waals surface area contributed by atoms with Gasteiger partial charge in [0.05, 0.1) is 6.61 Å². The van der Waals surface area contributed by atoms with E-state index in [0.29, 0.717) is 29.7 Å². The summed E-state index contributed by atoms with van der Waals surface area (Å²) in [4.78, 5) is 42.5. The average molecular weight is 610 g/mol. The number of nitrogens with two attached hydrogens (primary N) is 2. The summed E-state index contributed by atoms with van der Waals surface area (Å²) >= 11 is 1.85. The molecule has 0 saturated carbocycles. The Morgan fingerprint density at radius 1 is 1.14 bits per heavy atom. The highest BCUT2D eigenvalue weighted by molar-refractivity contribution is 14.1. The van der Waals surface area contributed by atoms with Gasteiger partial charge in [0.15, 0.2) is 29.4 Å². The zero-order chi connectivity index (χ0) is 26.1. The molecule has 192 valence electrons. The molecule has 2 aromatic rings. The molecule has 1 atom stereocenters. The van der Waals surface area contributed by atoms with E-state index < -0.39 is 24.0 Å². The van der Waals surface area contributed by atoms with Gasteiger partial charge in [-0.25, -0.2) is 14.8 Å². The molecule has 1 aromatic carbocycles. The predicted molar refractivity (Wildman–Crippen MR) is 139 cm³/mol. The number of benzene rings is 1. The van der Waals surface area contributed by atoms with Crippen molar-refractivity contribution in [1.82, 2.24) is 25.9 Å². The molecule has 13 nitrogen and oxygen atoms in total. The molecule has 1 aliphatic heterocycles. The number of alkyl carbamates (subject to hydrolysis) is 1. The van der Waals surface area contributed by atoms with E-state index in [1.54, 1.807) is 0 Å². The van der Waals surface area contributed by atoms with Crippen LogP contribution < -0.4 is 32.2 Å². The van der Waals surface area contributed by atoms with Crippen molar-refractivity contribution in [2.24, 2.45) is 0 Å². The second-order valence-electron chi connectivity index (χ2n) is 7.86. The molecule has 1 aliphatic rings. The van der Waals surface area contributed by atoms with Gasteiger partial charge in [-0.2, -0.15) is 0 Å². The van der Waals surface area contributed by atoms with Crippen molar-refractivity contribution in [1.29, 1.82) is 5.41 Å². The number of imide groups is 1. The Labute approximate surface area is 220 Å². The van der Waals surface area contributed by atoms with Crippen molar-refractivity contribution in [2.45, 2.75) is 38.2 Å². The Hall–Kier alpha value is -3.69. The van der Waals surface area contributed by atoms with E-state index in [1.807, 2.05) is 46.9 Å². The molecule has 0 bridgehead atoms. The number of nitrogen functional groups attached to an aromatic ring is 2. The Bertz CT molecular complexity index is 1130. The number of amides is 3. The van der Waals surface area contributed by atoms with Crippen LogP contribution in [0.15, 0.2) is 24.3 Å². The lowest BCUT2D eigenvalue weighted by atomic mass is 10.1. The standard InChI is InChI=1S/C22H27IN8O5/c23-16-18(25)29-17(24)15(28-16)20(33)30-21(26)27-10-2-1-4-12-6-8-13(9-7-12)35-11-3-5-14-19(32)31-22(34)36-14/h6-9,14H,1-5,10-11H2,(H4,24,25,29)(H,31,32,34)(H3,26,27,30,33). The molecule has 3 rings (SSSR count). The van der Waals surface area contributed by atoms with Gasteiger partial charge in [0, 0.05) is 6.54 Å². The maximum atomic E-state index is 12.2. The molecule has 3 amide bonds. The highest BCUT2D eigenvalue weighted by atomic mass is 127. The number of rotatable bonds is 11. The summed E-state index contributed by atoms with van der Waals surface area (Å²) < 4.78 is 10.9. The Morgan fingerprint density at radius 2 is 1.89 bits per heavy atom. The normalized spacial score (nSPS) is 14.6. The van der Waals surface area contributed by atoms with Gasteiger partial charge in [0.25, 0.3) is 11.8 Å². The highest BCUT2D eigenvalue weighted by Gasteiger charge is 2.31. The number of aromatic nitrogens is 2. The lowest BCUT2D eigenvalue weighted by Gasteiger charge is -2.11. The molecule has 14 heteroatoms. The second kappa shape index (κ2) is 12.9. The Kier molecular flexibility index (Phi) is 9.61. The topological polar surface area (TPSA) is 207 Å². The Balaban J connectivity index is 1.28. The Morgan fingerprint density at radius 3 is 2.58 bits per heavy atom. The molecule has 0 spiro atoms. The summed E-state index contributed by atoms with van der Waals surface area (Å²) in [6, 6.07) is 7.73. The quantitative estimate of drug-likeness (QED) is 0.0931. The maximum absolute atomic E-state index is 12.2. The fourth-order valence-corrected chi connectivity index (χ4v) is 3.65. The van der Waals surface area contributed by atoms with Gasteiger partial charge in [0.1, 0.15) is 9.45 Å². The first-order chi connectivity index (χ1) is 17.2. The molecular weight excluding hydrogens is 583 g/mol. The van der Waals surface area contributed by atoms with Crippen LogP contribution in [0.5, 0.6) is 5.75 Å². The van der Waals surface area contributed by atoms with Crippen molar-refractivity contribution in [3.8, 4) is 5.75 Å². The number of ether oxygens (including phenoxy) is 2. The maximum Gasteiger partial charge on any atom is 0.414 e. The fraction of sp³-hybridized carbons (Fsp3) is 0.364. The molecule has 8 N–H and O–H groups in total. The number of nitrogens with zero attached hydrogens (tertiary/aromatic N) is 2. The number of aryl methyl sites for hydroxylation is 1. The summed E-state index contributed by atoms with van der Waals surface area (Å²) in [5.41, 5.74) is 12.4. The van der Waals surface area contributed by atoms with Crippen molar-refractivity contribution < 1.29 is 23.9 Å². The van der Waals surface area contributed by atoms with E-state index >= 15 is 0 Å². The summed E-state index contributed by atoms with van der Waals surface area (Å²) in [5, 5.41) is 15.2. The van der Waals surface area contributed by atoms with E-state index in [1.165, 1.54) is 0 Å². The summed E-state index contributed by atoms with van der Waals surface area (Å²) in [5.74, 6) is -0.430. The number of nitrogens with one attached hydrogen (secondary N) is 4. The van der Waals surface area contributed by atoms with Crippen LogP contribution in [0.3, 0.4) is 0 Å². The van der Waals surface area contributed by atoms with E-state index in [0.717, 1.165) is 30.6 Å². The molecule has 1 aromatic heterocycles. The minimum absolute atomic E-state index is 0.0840. The average Bonchev–Trinajstić information content (AvgIpc) is 3.16. The van der Waals surface area contributed by atoms with Crippen LogP contribution in [0.2, 0.25) is 0 Å². The first-order valence-corrected chi connectivity index (χ1v) is 12.3. The van der Waals surface area contributed by atoms with Crippen molar-refractivity contribution >= 4 is 58.1 Å². The van der Waals surface area contributed by atoms with E-state index in [9.17, 15) is 14.4 Å². The zero-order valence-corrected chi connectivity index (χ0v) is 21.5. The van der Waals surface area contributed by atoms with Crippen LogP contribution in [-0.4, -0.2) is 53.1 Å².